The highest BCUT2D eigenvalue weighted by atomic mass is 15.1. The van der Waals surface area contributed by atoms with Crippen molar-refractivity contribution in [2.24, 2.45) is 0 Å². The van der Waals surface area contributed by atoms with Crippen molar-refractivity contribution in [1.29, 1.82) is 0 Å². The first-order valence-electron chi connectivity index (χ1n) is 34.5. The minimum absolute atomic E-state index is 0.711. The van der Waals surface area contributed by atoms with Crippen molar-refractivity contribution in [1.82, 2.24) is 106 Å². The van der Waals surface area contributed by atoms with Crippen LogP contribution in [0.2, 0.25) is 0 Å². The molecule has 21 heteroatoms. The predicted molar refractivity (Wildman–Crippen MR) is 421 cm³/mol. The summed E-state index contributed by atoms with van der Waals surface area (Å²) < 4.78 is 0. The summed E-state index contributed by atoms with van der Waals surface area (Å²) in [5.41, 5.74) is 9.57. The van der Waals surface area contributed by atoms with Gasteiger partial charge in [-0.15, -0.1) is 10.2 Å². The lowest BCUT2D eigenvalue weighted by Crippen LogP contribution is -1.85. The molecule has 11 aromatic heterocycles. The summed E-state index contributed by atoms with van der Waals surface area (Å²) in [6.45, 7) is 65.2. The fourth-order valence-corrected chi connectivity index (χ4v) is 4.16. The molecule has 11 rings (SSSR count). The molecule has 0 aliphatic carbocycles. The van der Waals surface area contributed by atoms with Gasteiger partial charge in [-0.05, 0) is 159 Å². The fraction of sp³-hybridized carbons (Fsp3) is 0.423. The Bertz CT molecular complexity index is 2220. The lowest BCUT2D eigenvalue weighted by Gasteiger charge is -1.82. The van der Waals surface area contributed by atoms with Crippen LogP contribution in [0.1, 0.15) is 215 Å². The van der Waals surface area contributed by atoms with Gasteiger partial charge in [0.15, 0.2) is 0 Å². The van der Waals surface area contributed by atoms with Crippen LogP contribution < -0.4 is 0 Å². The van der Waals surface area contributed by atoms with Crippen LogP contribution in [0.5, 0.6) is 0 Å². The second-order valence-corrected chi connectivity index (χ2v) is 15.2. The van der Waals surface area contributed by atoms with Gasteiger partial charge in [0.1, 0.15) is 30.6 Å². The van der Waals surface area contributed by atoms with Crippen LogP contribution in [-0.4, -0.2) is 106 Å². The van der Waals surface area contributed by atoms with Crippen LogP contribution in [0, 0.1) is 76.2 Å². The van der Waals surface area contributed by atoms with Gasteiger partial charge in [0, 0.05) is 111 Å². The maximum atomic E-state index is 3.98. The van der Waals surface area contributed by atoms with Crippen LogP contribution in [0.25, 0.3) is 0 Å². The molecule has 0 spiro atoms. The maximum absolute atomic E-state index is 3.98. The molecular formula is C78H133N21. The van der Waals surface area contributed by atoms with E-state index in [-0.39, 0.29) is 0 Å². The number of hydrogen-bond donors (Lipinski definition) is 0. The highest BCUT2D eigenvalue weighted by Gasteiger charge is 1.81. The molecule has 0 saturated carbocycles. The standard InChI is InChI=1S/3C6H7N.6C5H6N2.2C4H5N3.11C2H6/c1-6-2-4-7-5-3-6;1-6-3-2-4-7-5-6;1-6-4-2-3-5-7-6;1-5-2-6-4-7-3-5;1-5-4-6-2-3-7-5;1-5-2-3-6-4-7-5;1-5-2-3-6-7-4-5;1-5-6-3-2-4-7-5;1-5-3-2-4-6-7-5;1-4-2-5-3-6-7-4;1-4-5-2-3-6-7-4;11*1-2/h3*2-5H,1H3;6*2-4H,1H3;2*2-3H,1H3;11*1-2H3. The quantitative estimate of drug-likeness (QED) is 0.136. The summed E-state index contributed by atoms with van der Waals surface area (Å²) in [7, 11) is 0. The van der Waals surface area contributed by atoms with E-state index in [9.17, 15) is 0 Å². The lowest BCUT2D eigenvalue weighted by atomic mass is 10.3. The van der Waals surface area contributed by atoms with Crippen LogP contribution >= 0.6 is 0 Å². The van der Waals surface area contributed by atoms with Gasteiger partial charge in [0.2, 0.25) is 0 Å². The van der Waals surface area contributed by atoms with Crippen LogP contribution in [0.4, 0.5) is 0 Å². The number of rotatable bonds is 0. The molecule has 99 heavy (non-hydrogen) atoms. The normalized spacial score (nSPS) is 7.44. The van der Waals surface area contributed by atoms with E-state index >= 15 is 0 Å². The van der Waals surface area contributed by atoms with Gasteiger partial charge in [0.05, 0.1) is 35.7 Å². The summed E-state index contributed by atoms with van der Waals surface area (Å²) in [5, 5.41) is 29.0. The first-order chi connectivity index (χ1) is 48.3. The van der Waals surface area contributed by atoms with E-state index in [1.165, 1.54) is 30.1 Å². The van der Waals surface area contributed by atoms with E-state index in [4.69, 9.17) is 0 Å². The molecule has 0 aliphatic rings. The van der Waals surface area contributed by atoms with Crippen molar-refractivity contribution in [3.63, 3.8) is 0 Å². The van der Waals surface area contributed by atoms with Gasteiger partial charge in [0.25, 0.3) is 0 Å². The Labute approximate surface area is 603 Å². The summed E-state index contributed by atoms with van der Waals surface area (Å²) in [6.07, 6.45) is 37.1. The molecule has 550 valence electrons. The number of aryl methyl sites for hydroxylation is 11. The molecule has 0 fully saturated rings. The Morgan fingerprint density at radius 3 is 0.848 bits per heavy atom. The van der Waals surface area contributed by atoms with E-state index in [1.807, 2.05) is 294 Å². The maximum Gasteiger partial charge on any atom is 0.147 e. The monoisotopic (exact) mass is 1360 g/mol. The third kappa shape index (κ3) is 107. The van der Waals surface area contributed by atoms with Crippen LogP contribution in [0.15, 0.2) is 210 Å². The molecule has 0 aromatic carbocycles. The van der Waals surface area contributed by atoms with E-state index in [1.54, 1.807) is 125 Å². The highest BCUT2D eigenvalue weighted by molar-refractivity contribution is 5.06. The number of aromatic nitrogens is 21. The van der Waals surface area contributed by atoms with Gasteiger partial charge in [-0.1, -0.05) is 164 Å². The Morgan fingerprint density at radius 2 is 0.626 bits per heavy atom. The SMILES string of the molecule is CC.CC.CC.CC.CC.CC.CC.CC.CC.CC.CC.Cc1ccccn1.Cc1cccnc1.Cc1cccnn1.Cc1ccncc1.Cc1ccncn1.Cc1ccnnc1.Cc1cnccn1.Cc1cncnc1.Cc1cncnn1.Cc1ncccn1.Cc1nccnn1. The molecular weight excluding hydrogens is 1230 g/mol. The third-order valence-corrected chi connectivity index (χ3v) is 7.91. The minimum Gasteiger partial charge on any atom is -0.265 e. The van der Waals surface area contributed by atoms with Crippen molar-refractivity contribution in [2.75, 3.05) is 0 Å². The molecule has 0 atom stereocenters. The Hall–Kier alpha value is -10.1. The number of hydrogen-bond acceptors (Lipinski definition) is 21. The van der Waals surface area contributed by atoms with E-state index in [2.05, 4.69) is 106 Å². The van der Waals surface area contributed by atoms with Crippen molar-refractivity contribution in [3.8, 4) is 0 Å². The van der Waals surface area contributed by atoms with Crippen molar-refractivity contribution in [3.05, 3.63) is 272 Å². The number of nitrogens with zero attached hydrogens (tertiary/aromatic N) is 21. The average Bonchev–Trinajstić information content (AvgIpc) is 3.72. The molecule has 0 amide bonds. The van der Waals surface area contributed by atoms with Crippen LogP contribution in [0.3, 0.4) is 0 Å². The average molecular weight is 1370 g/mol. The Kier molecular flexibility index (Phi) is 125. The summed E-state index contributed by atoms with van der Waals surface area (Å²) in [4.78, 5) is 49.8. The first-order valence-corrected chi connectivity index (χ1v) is 34.5. The van der Waals surface area contributed by atoms with Crippen molar-refractivity contribution >= 4 is 0 Å². The topological polar surface area (TPSA) is 271 Å². The molecule has 0 aliphatic heterocycles. The van der Waals surface area contributed by atoms with Crippen molar-refractivity contribution in [2.45, 2.75) is 228 Å². The number of pyridine rings is 3. The van der Waals surface area contributed by atoms with E-state index in [0.717, 1.165) is 45.4 Å². The summed E-state index contributed by atoms with van der Waals surface area (Å²) in [6, 6.07) is 23.1. The minimum atomic E-state index is 0.711. The van der Waals surface area contributed by atoms with Gasteiger partial charge in [-0.3, -0.25) is 24.9 Å². The Morgan fingerprint density at radius 1 is 0.182 bits per heavy atom. The lowest BCUT2D eigenvalue weighted by molar-refractivity contribution is 0.907. The van der Waals surface area contributed by atoms with Gasteiger partial charge >= 0.3 is 0 Å². The highest BCUT2D eigenvalue weighted by Crippen LogP contribution is 1.91. The van der Waals surface area contributed by atoms with E-state index in [0.29, 0.717) is 5.82 Å². The smallest absolute Gasteiger partial charge is 0.147 e. The molecule has 11 heterocycles. The Balaban J connectivity index is -0.0000000929. The molecule has 21 nitrogen and oxygen atoms in total. The molecule has 0 radical (unpaired) electrons. The van der Waals surface area contributed by atoms with Gasteiger partial charge < -0.3 is 0 Å². The second-order valence-electron chi connectivity index (χ2n) is 15.2. The summed E-state index contributed by atoms with van der Waals surface area (Å²) in [5.74, 6) is 1.53. The van der Waals surface area contributed by atoms with Gasteiger partial charge in [-0.25, -0.2) is 39.9 Å². The zero-order valence-electron chi connectivity index (χ0n) is 67.5. The fourth-order valence-electron chi connectivity index (χ4n) is 4.16. The zero-order chi connectivity index (χ0) is 78.2. The summed E-state index contributed by atoms with van der Waals surface area (Å²) >= 11 is 0. The first kappa shape index (κ1) is 113. The van der Waals surface area contributed by atoms with E-state index < -0.39 is 0 Å². The van der Waals surface area contributed by atoms with Crippen molar-refractivity contribution < 1.29 is 0 Å². The molecule has 11 aromatic rings. The largest absolute Gasteiger partial charge is 0.265 e. The zero-order valence-corrected chi connectivity index (χ0v) is 67.5. The second kappa shape index (κ2) is 109. The molecule has 0 saturated heterocycles. The predicted octanol–water partition coefficient (Wildman–Crippen LogP) is 20.5. The molecule has 0 bridgehead atoms. The molecule has 0 unspecified atom stereocenters. The molecule has 0 N–H and O–H groups in total. The third-order valence-electron chi connectivity index (χ3n) is 7.91. The van der Waals surface area contributed by atoms with Gasteiger partial charge in [-0.2, -0.15) is 30.6 Å². The van der Waals surface area contributed by atoms with Crippen LogP contribution in [-0.2, 0) is 0 Å².